The van der Waals surface area contributed by atoms with Gasteiger partial charge >= 0.3 is 6.09 Å². The first-order valence-electron chi connectivity index (χ1n) is 15.1. The first-order valence-corrected chi connectivity index (χ1v) is 16.7. The van der Waals surface area contributed by atoms with Crippen molar-refractivity contribution in [3.8, 4) is 11.5 Å². The van der Waals surface area contributed by atoms with Gasteiger partial charge in [-0.3, -0.25) is 15.1 Å². The quantitative estimate of drug-likeness (QED) is 0.356. The Morgan fingerprint density at radius 1 is 1.14 bits per heavy atom. The Labute approximate surface area is 268 Å². The highest BCUT2D eigenvalue weighted by molar-refractivity contribution is 9.10. The Bertz CT molecular complexity index is 1610. The third-order valence-corrected chi connectivity index (χ3v) is 10.1. The Hall–Kier alpha value is -3.26. The molecule has 14 heteroatoms. The van der Waals surface area contributed by atoms with Crippen LogP contribution in [0.25, 0.3) is 11.2 Å². The monoisotopic (exact) mass is 687 g/mol. The molecule has 3 aromatic rings. The molecule has 236 valence electrons. The van der Waals surface area contributed by atoms with Gasteiger partial charge in [0.2, 0.25) is 12.7 Å². The van der Waals surface area contributed by atoms with Gasteiger partial charge in [-0.2, -0.15) is 0 Å². The fourth-order valence-electron chi connectivity index (χ4n) is 5.96. The first-order chi connectivity index (χ1) is 21.1. The summed E-state index contributed by atoms with van der Waals surface area (Å²) < 4.78 is 19.5. The van der Waals surface area contributed by atoms with E-state index in [0.717, 1.165) is 41.5 Å². The van der Waals surface area contributed by atoms with Gasteiger partial charge in [0.15, 0.2) is 27.8 Å². The van der Waals surface area contributed by atoms with Crippen LogP contribution in [0.5, 0.6) is 11.5 Å². The lowest BCUT2D eigenvalue weighted by Crippen LogP contribution is -2.55. The van der Waals surface area contributed by atoms with Crippen LogP contribution in [0.2, 0.25) is 0 Å². The molecule has 6 rings (SSSR count). The zero-order valence-corrected chi connectivity index (χ0v) is 27.6. The number of aromatic amines is 1. The minimum Gasteiger partial charge on any atom is -0.454 e. The number of hydrogen-bond donors (Lipinski definition) is 2. The van der Waals surface area contributed by atoms with Crippen molar-refractivity contribution in [1.29, 1.82) is 5.41 Å². The van der Waals surface area contributed by atoms with Crippen LogP contribution in [0.4, 0.5) is 4.79 Å². The molecule has 3 aliphatic heterocycles. The van der Waals surface area contributed by atoms with Gasteiger partial charge in [0.05, 0.1) is 6.33 Å². The van der Waals surface area contributed by atoms with Gasteiger partial charge in [-0.1, -0.05) is 11.8 Å². The molecule has 2 saturated heterocycles. The van der Waals surface area contributed by atoms with Crippen LogP contribution in [0.1, 0.15) is 59.3 Å². The van der Waals surface area contributed by atoms with Crippen molar-refractivity contribution in [3.05, 3.63) is 28.4 Å². The molecule has 0 radical (unpaired) electrons. The van der Waals surface area contributed by atoms with E-state index < -0.39 is 17.7 Å². The summed E-state index contributed by atoms with van der Waals surface area (Å²) in [5.74, 6) is 1.88. The second kappa shape index (κ2) is 12.6. The highest BCUT2D eigenvalue weighted by Gasteiger charge is 2.38. The van der Waals surface area contributed by atoms with Crippen LogP contribution in [0, 0.1) is 11.3 Å². The predicted octanol–water partition coefficient (Wildman–Crippen LogP) is 5.30. The normalized spacial score (nSPS) is 19.0. The summed E-state index contributed by atoms with van der Waals surface area (Å²) in [6.07, 6.45) is 6.50. The summed E-state index contributed by atoms with van der Waals surface area (Å²) in [5, 5.41) is 8.99. The Balaban J connectivity index is 1.07. The van der Waals surface area contributed by atoms with Crippen molar-refractivity contribution in [2.24, 2.45) is 5.92 Å². The molecule has 1 atom stereocenters. The van der Waals surface area contributed by atoms with Crippen LogP contribution in [0.15, 0.2) is 33.0 Å². The molecular formula is C30H38BrN7O5S. The van der Waals surface area contributed by atoms with Crippen molar-refractivity contribution >= 4 is 50.9 Å². The van der Waals surface area contributed by atoms with Crippen LogP contribution in [0.3, 0.4) is 0 Å². The predicted molar refractivity (Wildman–Crippen MR) is 167 cm³/mol. The van der Waals surface area contributed by atoms with E-state index >= 15 is 0 Å². The summed E-state index contributed by atoms with van der Waals surface area (Å²) in [6.45, 7) is 8.38. The van der Waals surface area contributed by atoms with Crippen molar-refractivity contribution in [2.45, 2.75) is 87.5 Å². The number of rotatable bonds is 6. The van der Waals surface area contributed by atoms with Gasteiger partial charge in [0, 0.05) is 35.5 Å². The minimum absolute atomic E-state index is 0.0379. The lowest BCUT2D eigenvalue weighted by Gasteiger charge is -2.40. The van der Waals surface area contributed by atoms with Crippen LogP contribution in [-0.2, 0) is 16.1 Å². The number of piperidine rings is 2. The van der Waals surface area contributed by atoms with Crippen molar-refractivity contribution < 1.29 is 23.8 Å². The number of imidazole rings is 1. The molecule has 5 heterocycles. The largest absolute Gasteiger partial charge is 0.454 e. The molecule has 1 aromatic carbocycles. The Morgan fingerprint density at radius 3 is 2.64 bits per heavy atom. The number of ether oxygens (including phenoxy) is 3. The molecule has 0 bridgehead atoms. The second-order valence-electron chi connectivity index (χ2n) is 12.5. The molecule has 3 aliphatic rings. The third-order valence-electron chi connectivity index (χ3n) is 8.25. The average Bonchev–Trinajstić information content (AvgIpc) is 3.63. The number of halogens is 1. The van der Waals surface area contributed by atoms with Gasteiger partial charge in [0.25, 0.3) is 0 Å². The average molecular weight is 689 g/mol. The number of aromatic nitrogens is 4. The highest BCUT2D eigenvalue weighted by Crippen LogP contribution is 2.42. The van der Waals surface area contributed by atoms with E-state index in [1.54, 1.807) is 11.2 Å². The highest BCUT2D eigenvalue weighted by atomic mass is 79.9. The van der Waals surface area contributed by atoms with E-state index in [-0.39, 0.29) is 18.2 Å². The molecule has 2 amide bonds. The third kappa shape index (κ3) is 6.70. The smallest absolute Gasteiger partial charge is 0.410 e. The molecule has 2 fully saturated rings. The van der Waals surface area contributed by atoms with Crippen LogP contribution >= 0.6 is 27.7 Å². The number of likely N-dealkylation sites (tertiary alicyclic amines) is 2. The van der Waals surface area contributed by atoms with Crippen LogP contribution in [-0.4, -0.2) is 79.4 Å². The number of amides is 2. The summed E-state index contributed by atoms with van der Waals surface area (Å²) in [6, 6.07) is 3.35. The lowest BCUT2D eigenvalue weighted by molar-refractivity contribution is -0.139. The maximum atomic E-state index is 13.5. The first kappa shape index (κ1) is 30.8. The summed E-state index contributed by atoms with van der Waals surface area (Å²) in [4.78, 5) is 43.2. The van der Waals surface area contributed by atoms with Crippen molar-refractivity contribution in [2.75, 3.05) is 26.4 Å². The van der Waals surface area contributed by atoms with Crippen molar-refractivity contribution in [1.82, 2.24) is 29.3 Å². The second-order valence-corrected chi connectivity index (χ2v) is 14.4. The number of hydrogen-bond acceptors (Lipinski definition) is 9. The van der Waals surface area contributed by atoms with Gasteiger partial charge in [0.1, 0.15) is 17.2 Å². The lowest BCUT2D eigenvalue weighted by atomic mass is 9.92. The van der Waals surface area contributed by atoms with Gasteiger partial charge in [-0.05, 0) is 93.3 Å². The number of fused-ring (bicyclic) bond motifs is 2. The SMILES string of the molecule is CC(C)(C)OC(=O)N1CCCC[C@H]1C(=O)N1CCC(CCn2cnc(=N)c3[nH]c(Sc4cc5c(cc4Br)OCO5)nc32)CC1. The van der Waals surface area contributed by atoms with E-state index in [0.29, 0.717) is 66.3 Å². The number of nitrogens with one attached hydrogen (secondary N) is 2. The van der Waals surface area contributed by atoms with E-state index in [4.69, 9.17) is 24.6 Å². The molecule has 0 unspecified atom stereocenters. The summed E-state index contributed by atoms with van der Waals surface area (Å²) >= 11 is 5.05. The van der Waals surface area contributed by atoms with E-state index in [1.165, 1.54) is 11.8 Å². The van der Waals surface area contributed by atoms with E-state index in [1.807, 2.05) is 42.4 Å². The van der Waals surface area contributed by atoms with Gasteiger partial charge in [-0.15, -0.1) is 0 Å². The zero-order valence-electron chi connectivity index (χ0n) is 25.2. The number of benzene rings is 1. The zero-order chi connectivity index (χ0) is 31.0. The number of nitrogens with zero attached hydrogens (tertiary/aromatic N) is 5. The summed E-state index contributed by atoms with van der Waals surface area (Å²) in [7, 11) is 0. The summed E-state index contributed by atoms with van der Waals surface area (Å²) in [5.41, 5.74) is 0.836. The fourth-order valence-corrected chi connectivity index (χ4v) is 7.34. The van der Waals surface area contributed by atoms with Crippen LogP contribution < -0.4 is 15.0 Å². The van der Waals surface area contributed by atoms with E-state index in [9.17, 15) is 9.59 Å². The molecule has 2 aromatic heterocycles. The molecule has 0 spiro atoms. The Kier molecular flexibility index (Phi) is 8.82. The standard InChI is InChI=1S/C30H38BrN7O5S/c1-30(2,3)43-29(40)38-10-5-4-6-20(38)27(39)36-11-7-18(8-12-36)9-13-37-16-33-25(32)24-26(37)35-28(34-24)44-23-15-22-21(14-19(23)31)41-17-42-22/h14-16,18,20,32H,4-13,17H2,1-3H3,(H,34,35)/t20-/m0/s1. The van der Waals surface area contributed by atoms with Gasteiger partial charge < -0.3 is 28.7 Å². The Morgan fingerprint density at radius 2 is 1.89 bits per heavy atom. The molecule has 12 nitrogen and oxygen atoms in total. The maximum Gasteiger partial charge on any atom is 0.410 e. The number of carbonyl (C=O) groups excluding carboxylic acids is 2. The molecule has 0 aliphatic carbocycles. The number of aryl methyl sites for hydroxylation is 1. The fraction of sp³-hybridized carbons (Fsp3) is 0.567. The van der Waals surface area contributed by atoms with Gasteiger partial charge in [-0.25, -0.2) is 14.8 Å². The molecular weight excluding hydrogens is 650 g/mol. The van der Waals surface area contributed by atoms with E-state index in [2.05, 4.69) is 25.9 Å². The topological polar surface area (TPSA) is 139 Å². The molecule has 44 heavy (non-hydrogen) atoms. The molecule has 0 saturated carbocycles. The molecule has 2 N–H and O–H groups in total. The minimum atomic E-state index is -0.596. The van der Waals surface area contributed by atoms with Crippen molar-refractivity contribution in [3.63, 3.8) is 0 Å². The maximum absolute atomic E-state index is 13.5. The number of carbonyl (C=O) groups is 2. The number of H-pyrrole nitrogens is 1.